The molecule has 1 aliphatic heterocycles. The number of phenols is 1. The first-order valence-corrected chi connectivity index (χ1v) is 7.09. The second-order valence-corrected chi connectivity index (χ2v) is 6.30. The summed E-state index contributed by atoms with van der Waals surface area (Å²) in [5, 5.41) is 9.28. The Bertz CT molecular complexity index is 524. The lowest BCUT2D eigenvalue weighted by Crippen LogP contribution is -2.43. The summed E-state index contributed by atoms with van der Waals surface area (Å²) in [6.45, 7) is 0.438. The van der Waals surface area contributed by atoms with Crippen LogP contribution < -0.4 is 0 Å². The van der Waals surface area contributed by atoms with Crippen molar-refractivity contribution in [2.45, 2.75) is 0 Å². The highest BCUT2D eigenvalue weighted by Gasteiger charge is 2.25. The van der Waals surface area contributed by atoms with Crippen LogP contribution in [0.15, 0.2) is 24.3 Å². The van der Waals surface area contributed by atoms with E-state index in [2.05, 4.69) is 0 Å². The Morgan fingerprint density at radius 1 is 1.24 bits per heavy atom. The number of rotatable bonds is 1. The minimum atomic E-state index is -2.98. The van der Waals surface area contributed by atoms with Crippen molar-refractivity contribution in [3.8, 4) is 5.75 Å². The smallest absolute Gasteiger partial charge is 0.254 e. The summed E-state index contributed by atoms with van der Waals surface area (Å²) in [6.07, 6.45) is 0. The molecule has 0 aliphatic carbocycles. The molecule has 1 aromatic carbocycles. The molecule has 6 heteroatoms. The van der Waals surface area contributed by atoms with Crippen LogP contribution in [0.1, 0.15) is 10.4 Å². The normalized spacial score (nSPS) is 18.9. The van der Waals surface area contributed by atoms with E-state index >= 15 is 0 Å². The molecule has 92 valence electrons. The molecule has 0 bridgehead atoms. The molecule has 0 saturated carbocycles. The standard InChI is InChI=1S/C11H13NO4S/c13-10-3-1-2-9(8-10)11(14)12-4-6-17(15,16)7-5-12/h1-3,8,13H,4-7H2. The van der Waals surface area contributed by atoms with E-state index < -0.39 is 9.84 Å². The highest BCUT2D eigenvalue weighted by atomic mass is 32.2. The molecule has 0 unspecified atom stereocenters. The van der Waals surface area contributed by atoms with Crippen LogP contribution in [0.4, 0.5) is 0 Å². The maximum absolute atomic E-state index is 12.0. The van der Waals surface area contributed by atoms with Gasteiger partial charge in [-0.05, 0) is 18.2 Å². The van der Waals surface area contributed by atoms with Gasteiger partial charge in [0.1, 0.15) is 5.75 Å². The summed E-state index contributed by atoms with van der Waals surface area (Å²) in [4.78, 5) is 13.5. The number of sulfone groups is 1. The predicted molar refractivity (Wildman–Crippen MR) is 62.7 cm³/mol. The maximum Gasteiger partial charge on any atom is 0.254 e. The summed E-state index contributed by atoms with van der Waals surface area (Å²) in [6, 6.07) is 6.05. The fourth-order valence-corrected chi connectivity index (χ4v) is 2.94. The van der Waals surface area contributed by atoms with Gasteiger partial charge in [-0.25, -0.2) is 8.42 Å². The van der Waals surface area contributed by atoms with Gasteiger partial charge in [0.05, 0.1) is 11.5 Å². The molecule has 1 heterocycles. The van der Waals surface area contributed by atoms with Crippen molar-refractivity contribution in [2.24, 2.45) is 0 Å². The van der Waals surface area contributed by atoms with Crippen molar-refractivity contribution < 1.29 is 18.3 Å². The maximum atomic E-state index is 12.0. The average molecular weight is 255 g/mol. The summed E-state index contributed by atoms with van der Waals surface area (Å²) >= 11 is 0. The van der Waals surface area contributed by atoms with Crippen LogP contribution in [0, 0.1) is 0 Å². The Morgan fingerprint density at radius 3 is 2.47 bits per heavy atom. The minimum absolute atomic E-state index is 0.0115. The van der Waals surface area contributed by atoms with Crippen molar-refractivity contribution in [1.29, 1.82) is 0 Å². The predicted octanol–water partition coefficient (Wildman–Crippen LogP) is 0.263. The molecule has 0 spiro atoms. The van der Waals surface area contributed by atoms with E-state index in [0.717, 1.165) is 0 Å². The van der Waals surface area contributed by atoms with Crippen LogP contribution in [-0.4, -0.2) is 48.9 Å². The number of carbonyl (C=O) groups excluding carboxylic acids is 1. The third kappa shape index (κ3) is 2.76. The molecular formula is C11H13NO4S. The van der Waals surface area contributed by atoms with Crippen LogP contribution in [0.25, 0.3) is 0 Å². The molecular weight excluding hydrogens is 242 g/mol. The van der Waals surface area contributed by atoms with Crippen molar-refractivity contribution >= 4 is 15.7 Å². The first kappa shape index (κ1) is 11.9. The van der Waals surface area contributed by atoms with Gasteiger partial charge in [0.2, 0.25) is 0 Å². The molecule has 1 N–H and O–H groups in total. The molecule has 1 saturated heterocycles. The van der Waals surface area contributed by atoms with Crippen LogP contribution in [0.2, 0.25) is 0 Å². The fraction of sp³-hybridized carbons (Fsp3) is 0.364. The van der Waals surface area contributed by atoms with E-state index in [1.165, 1.54) is 17.0 Å². The summed E-state index contributed by atoms with van der Waals surface area (Å²) < 4.78 is 22.5. The zero-order valence-corrected chi connectivity index (χ0v) is 9.98. The van der Waals surface area contributed by atoms with Crippen LogP contribution in [0.5, 0.6) is 5.75 Å². The molecule has 0 radical (unpaired) electrons. The number of aromatic hydroxyl groups is 1. The Kier molecular flexibility index (Phi) is 3.06. The number of benzene rings is 1. The molecule has 1 aliphatic rings. The van der Waals surface area contributed by atoms with E-state index in [-0.39, 0.29) is 36.3 Å². The molecule has 2 rings (SSSR count). The monoisotopic (exact) mass is 255 g/mol. The van der Waals surface area contributed by atoms with Crippen molar-refractivity contribution in [3.63, 3.8) is 0 Å². The van der Waals surface area contributed by atoms with Gasteiger partial charge < -0.3 is 10.0 Å². The number of hydrogen-bond donors (Lipinski definition) is 1. The summed E-state index contributed by atoms with van der Waals surface area (Å²) in [5.74, 6) is -0.189. The lowest BCUT2D eigenvalue weighted by Gasteiger charge is -2.26. The first-order chi connectivity index (χ1) is 7.98. The Morgan fingerprint density at radius 2 is 1.88 bits per heavy atom. The zero-order chi connectivity index (χ0) is 12.5. The topological polar surface area (TPSA) is 74.7 Å². The van der Waals surface area contributed by atoms with Gasteiger partial charge >= 0.3 is 0 Å². The third-order valence-corrected chi connectivity index (χ3v) is 4.33. The molecule has 0 atom stereocenters. The Balaban J connectivity index is 2.12. The van der Waals surface area contributed by atoms with Gasteiger partial charge in [-0.15, -0.1) is 0 Å². The van der Waals surface area contributed by atoms with Crippen molar-refractivity contribution in [3.05, 3.63) is 29.8 Å². The number of carbonyl (C=O) groups is 1. The van der Waals surface area contributed by atoms with Crippen LogP contribution >= 0.6 is 0 Å². The van der Waals surface area contributed by atoms with E-state index in [9.17, 15) is 18.3 Å². The Labute approximate surface area is 99.6 Å². The van der Waals surface area contributed by atoms with E-state index in [0.29, 0.717) is 5.56 Å². The van der Waals surface area contributed by atoms with Gasteiger partial charge in [-0.2, -0.15) is 0 Å². The van der Waals surface area contributed by atoms with Gasteiger partial charge in [-0.1, -0.05) is 6.07 Å². The van der Waals surface area contributed by atoms with E-state index in [1.807, 2.05) is 0 Å². The molecule has 1 amide bonds. The average Bonchev–Trinajstić information content (AvgIpc) is 2.28. The number of phenolic OH excluding ortho intramolecular Hbond substituents is 1. The molecule has 17 heavy (non-hydrogen) atoms. The summed E-state index contributed by atoms with van der Waals surface area (Å²) in [7, 11) is -2.98. The van der Waals surface area contributed by atoms with Crippen molar-refractivity contribution in [2.75, 3.05) is 24.6 Å². The largest absolute Gasteiger partial charge is 0.508 e. The van der Waals surface area contributed by atoms with E-state index in [1.54, 1.807) is 12.1 Å². The molecule has 5 nitrogen and oxygen atoms in total. The molecule has 0 aromatic heterocycles. The fourth-order valence-electron chi connectivity index (χ4n) is 1.74. The highest BCUT2D eigenvalue weighted by molar-refractivity contribution is 7.91. The zero-order valence-electron chi connectivity index (χ0n) is 9.17. The quantitative estimate of drug-likeness (QED) is 0.781. The van der Waals surface area contributed by atoms with Gasteiger partial charge in [0, 0.05) is 18.7 Å². The minimum Gasteiger partial charge on any atom is -0.508 e. The Hall–Kier alpha value is -1.56. The summed E-state index contributed by atoms with van der Waals surface area (Å²) in [5.41, 5.74) is 0.379. The second-order valence-electron chi connectivity index (χ2n) is 3.99. The van der Waals surface area contributed by atoms with Gasteiger partial charge in [-0.3, -0.25) is 4.79 Å². The molecule has 1 aromatic rings. The van der Waals surface area contributed by atoms with Gasteiger partial charge in [0.25, 0.3) is 5.91 Å². The number of nitrogens with zero attached hydrogens (tertiary/aromatic N) is 1. The molecule has 1 fully saturated rings. The van der Waals surface area contributed by atoms with Crippen LogP contribution in [-0.2, 0) is 9.84 Å². The SMILES string of the molecule is O=C(c1cccc(O)c1)N1CCS(=O)(=O)CC1. The first-order valence-electron chi connectivity index (χ1n) is 5.27. The number of hydrogen-bond acceptors (Lipinski definition) is 4. The van der Waals surface area contributed by atoms with E-state index in [4.69, 9.17) is 0 Å². The van der Waals surface area contributed by atoms with Gasteiger partial charge in [0.15, 0.2) is 9.84 Å². The second kappa shape index (κ2) is 4.37. The van der Waals surface area contributed by atoms with Crippen LogP contribution in [0.3, 0.4) is 0 Å². The lowest BCUT2D eigenvalue weighted by molar-refractivity contribution is 0.0770. The third-order valence-electron chi connectivity index (χ3n) is 2.72. The lowest BCUT2D eigenvalue weighted by atomic mass is 10.2. The number of amides is 1. The van der Waals surface area contributed by atoms with Crippen molar-refractivity contribution in [1.82, 2.24) is 4.90 Å². The highest BCUT2D eigenvalue weighted by Crippen LogP contribution is 2.14.